The van der Waals surface area contributed by atoms with Crippen LogP contribution < -0.4 is 15.4 Å². The number of ether oxygens (including phenoxy) is 1. The zero-order valence-electron chi connectivity index (χ0n) is 16.7. The van der Waals surface area contributed by atoms with Gasteiger partial charge in [0.25, 0.3) is 5.91 Å². The van der Waals surface area contributed by atoms with E-state index in [4.69, 9.17) is 4.74 Å². The monoisotopic (exact) mass is 428 g/mol. The Morgan fingerprint density at radius 3 is 2.90 bits per heavy atom. The molecule has 0 unspecified atom stereocenters. The molecular weight excluding hydrogens is 404 g/mol. The Morgan fingerprint density at radius 2 is 2.07 bits per heavy atom. The lowest BCUT2D eigenvalue weighted by atomic mass is 9.88. The molecular formula is C22H24N2O5S. The lowest BCUT2D eigenvalue weighted by Gasteiger charge is -2.26. The number of amides is 2. The van der Waals surface area contributed by atoms with E-state index in [1.165, 1.54) is 11.6 Å². The second-order valence-electron chi connectivity index (χ2n) is 7.73. The van der Waals surface area contributed by atoms with Crippen LogP contribution in [-0.4, -0.2) is 32.6 Å². The topological polar surface area (TPSA) is 102 Å². The first-order valence-corrected chi connectivity index (χ1v) is 11.7. The minimum absolute atomic E-state index is 0.0763. The van der Waals surface area contributed by atoms with E-state index in [1.54, 1.807) is 13.0 Å². The number of aryl methyl sites for hydroxylation is 2. The van der Waals surface area contributed by atoms with Crippen LogP contribution in [-0.2, 0) is 25.8 Å². The van der Waals surface area contributed by atoms with Crippen molar-refractivity contribution >= 4 is 27.3 Å². The Labute approximate surface area is 175 Å². The van der Waals surface area contributed by atoms with Gasteiger partial charge in [0.05, 0.1) is 22.4 Å². The summed E-state index contributed by atoms with van der Waals surface area (Å²) in [5, 5.41) is 5.65. The summed E-state index contributed by atoms with van der Waals surface area (Å²) in [6.45, 7) is 1.51. The van der Waals surface area contributed by atoms with Crippen molar-refractivity contribution in [2.45, 2.75) is 43.5 Å². The van der Waals surface area contributed by atoms with Crippen molar-refractivity contribution in [2.24, 2.45) is 0 Å². The fraction of sp³-hybridized carbons (Fsp3) is 0.364. The van der Waals surface area contributed by atoms with Crippen molar-refractivity contribution in [3.8, 4) is 5.75 Å². The van der Waals surface area contributed by atoms with Gasteiger partial charge in [-0.05, 0) is 48.9 Å². The van der Waals surface area contributed by atoms with Crippen LogP contribution in [0.4, 0.5) is 5.69 Å². The molecule has 0 saturated heterocycles. The molecule has 7 nitrogen and oxygen atoms in total. The van der Waals surface area contributed by atoms with Gasteiger partial charge in [-0.25, -0.2) is 8.42 Å². The molecule has 2 aromatic rings. The second-order valence-corrected chi connectivity index (χ2v) is 9.81. The van der Waals surface area contributed by atoms with E-state index in [-0.39, 0.29) is 41.5 Å². The summed E-state index contributed by atoms with van der Waals surface area (Å²) in [6, 6.07) is 11.0. The Hall–Kier alpha value is -2.87. The molecule has 30 heavy (non-hydrogen) atoms. The van der Waals surface area contributed by atoms with Gasteiger partial charge in [-0.1, -0.05) is 24.3 Å². The molecule has 0 radical (unpaired) electrons. The van der Waals surface area contributed by atoms with E-state index in [9.17, 15) is 18.0 Å². The quantitative estimate of drug-likeness (QED) is 0.762. The Bertz CT molecular complexity index is 1110. The lowest BCUT2D eigenvalue weighted by molar-refractivity contribution is -0.121. The summed E-state index contributed by atoms with van der Waals surface area (Å²) in [6.07, 6.45) is 2.72. The molecule has 2 amide bonds. The van der Waals surface area contributed by atoms with E-state index in [0.717, 1.165) is 24.8 Å². The molecule has 1 heterocycles. The van der Waals surface area contributed by atoms with Crippen LogP contribution in [0.3, 0.4) is 0 Å². The summed E-state index contributed by atoms with van der Waals surface area (Å²) < 4.78 is 31.1. The molecule has 1 aliphatic carbocycles. The molecule has 0 bridgehead atoms. The summed E-state index contributed by atoms with van der Waals surface area (Å²) in [5.41, 5.74) is 3.31. The van der Waals surface area contributed by atoms with Gasteiger partial charge in [0.2, 0.25) is 5.91 Å². The van der Waals surface area contributed by atoms with Crippen LogP contribution in [0.15, 0.2) is 41.3 Å². The number of rotatable bonds is 5. The second kappa shape index (κ2) is 8.10. The number of benzene rings is 2. The number of carbonyl (C=O) groups is 2. The maximum absolute atomic E-state index is 12.9. The van der Waals surface area contributed by atoms with Crippen molar-refractivity contribution in [1.29, 1.82) is 0 Å². The third kappa shape index (κ3) is 4.18. The fourth-order valence-electron chi connectivity index (χ4n) is 4.06. The minimum atomic E-state index is -3.69. The van der Waals surface area contributed by atoms with Gasteiger partial charge in [0.15, 0.2) is 16.4 Å². The average molecular weight is 429 g/mol. The molecule has 158 valence electrons. The van der Waals surface area contributed by atoms with Gasteiger partial charge < -0.3 is 15.4 Å². The largest absolute Gasteiger partial charge is 0.482 e. The standard InChI is InChI=1S/C22H24N2O5S/c1-14-11-18-19(29-13-22(26)24-18)12-20(14)30(27,28)10-9-21(25)23-17-8-4-6-15-5-2-3-7-16(15)17/h2-3,5,7,11-12,17H,4,6,8-10,13H2,1H3,(H,23,25)(H,24,26)/t17-/m0/s1. The average Bonchev–Trinajstić information content (AvgIpc) is 2.72. The Kier molecular flexibility index (Phi) is 5.51. The third-order valence-corrected chi connectivity index (χ3v) is 7.40. The molecule has 8 heteroatoms. The number of nitrogens with one attached hydrogen (secondary N) is 2. The predicted molar refractivity (Wildman–Crippen MR) is 112 cm³/mol. The predicted octanol–water partition coefficient (Wildman–Crippen LogP) is 2.68. The Morgan fingerprint density at radius 1 is 1.27 bits per heavy atom. The molecule has 2 N–H and O–H groups in total. The summed E-state index contributed by atoms with van der Waals surface area (Å²) >= 11 is 0. The van der Waals surface area contributed by atoms with E-state index >= 15 is 0 Å². The van der Waals surface area contributed by atoms with Crippen molar-refractivity contribution in [1.82, 2.24) is 5.32 Å². The molecule has 0 spiro atoms. The zero-order chi connectivity index (χ0) is 21.3. The van der Waals surface area contributed by atoms with Crippen LogP contribution in [0.25, 0.3) is 0 Å². The van der Waals surface area contributed by atoms with Crippen LogP contribution in [0.1, 0.15) is 42.0 Å². The highest BCUT2D eigenvalue weighted by atomic mass is 32.2. The third-order valence-electron chi connectivity index (χ3n) is 5.55. The van der Waals surface area contributed by atoms with Crippen LogP contribution in [0.2, 0.25) is 0 Å². The van der Waals surface area contributed by atoms with Crippen LogP contribution in [0, 0.1) is 6.92 Å². The number of anilines is 1. The number of fused-ring (bicyclic) bond motifs is 2. The first kappa shape index (κ1) is 20.4. The Balaban J connectivity index is 1.44. The van der Waals surface area contributed by atoms with Crippen molar-refractivity contribution in [3.63, 3.8) is 0 Å². The highest BCUT2D eigenvalue weighted by Crippen LogP contribution is 2.33. The number of hydrogen-bond donors (Lipinski definition) is 2. The van der Waals surface area contributed by atoms with Crippen LogP contribution in [0.5, 0.6) is 5.75 Å². The first-order valence-electron chi connectivity index (χ1n) is 10.0. The van der Waals surface area contributed by atoms with Gasteiger partial charge in [0.1, 0.15) is 5.75 Å². The van der Waals surface area contributed by atoms with E-state index in [0.29, 0.717) is 17.0 Å². The first-order chi connectivity index (χ1) is 14.3. The van der Waals surface area contributed by atoms with Crippen molar-refractivity contribution < 1.29 is 22.7 Å². The van der Waals surface area contributed by atoms with Crippen LogP contribution >= 0.6 is 0 Å². The highest BCUT2D eigenvalue weighted by molar-refractivity contribution is 7.91. The summed E-state index contributed by atoms with van der Waals surface area (Å²) in [5.74, 6) is -0.529. The molecule has 4 rings (SSSR count). The van der Waals surface area contributed by atoms with Gasteiger partial charge >= 0.3 is 0 Å². The number of hydrogen-bond acceptors (Lipinski definition) is 5. The summed E-state index contributed by atoms with van der Waals surface area (Å²) in [4.78, 5) is 24.1. The van der Waals surface area contributed by atoms with E-state index in [1.807, 2.05) is 18.2 Å². The van der Waals surface area contributed by atoms with Crippen molar-refractivity contribution in [2.75, 3.05) is 17.7 Å². The normalized spacial score (nSPS) is 17.9. The van der Waals surface area contributed by atoms with E-state index in [2.05, 4.69) is 16.7 Å². The van der Waals surface area contributed by atoms with Gasteiger partial charge in [-0.2, -0.15) is 0 Å². The lowest BCUT2D eigenvalue weighted by Crippen LogP contribution is -2.32. The van der Waals surface area contributed by atoms with Gasteiger partial charge in [-0.3, -0.25) is 9.59 Å². The minimum Gasteiger partial charge on any atom is -0.482 e. The van der Waals surface area contributed by atoms with Gasteiger partial charge in [-0.15, -0.1) is 0 Å². The smallest absolute Gasteiger partial charge is 0.262 e. The molecule has 1 aliphatic heterocycles. The molecule has 0 fully saturated rings. The van der Waals surface area contributed by atoms with E-state index < -0.39 is 9.84 Å². The highest BCUT2D eigenvalue weighted by Gasteiger charge is 2.26. The zero-order valence-corrected chi connectivity index (χ0v) is 17.6. The summed E-state index contributed by atoms with van der Waals surface area (Å²) in [7, 11) is -3.69. The fourth-order valence-corrected chi connectivity index (χ4v) is 5.57. The molecule has 2 aromatic carbocycles. The van der Waals surface area contributed by atoms with Crippen molar-refractivity contribution in [3.05, 3.63) is 53.1 Å². The number of sulfone groups is 1. The molecule has 1 atom stereocenters. The van der Waals surface area contributed by atoms with Gasteiger partial charge in [0, 0.05) is 12.5 Å². The SMILES string of the molecule is Cc1cc2c(cc1S(=O)(=O)CCC(=O)N[C@H]1CCCc3ccccc31)OCC(=O)N2. The molecule has 0 saturated carbocycles. The maximum atomic E-state index is 12.9. The number of carbonyl (C=O) groups excluding carboxylic acids is 2. The maximum Gasteiger partial charge on any atom is 0.262 e. The molecule has 0 aromatic heterocycles. The molecule has 2 aliphatic rings.